The summed E-state index contributed by atoms with van der Waals surface area (Å²) >= 11 is 0. The summed E-state index contributed by atoms with van der Waals surface area (Å²) in [6, 6.07) is 16.0. The smallest absolute Gasteiger partial charge is 0.244 e. The molecule has 5 heteroatoms. The highest BCUT2D eigenvalue weighted by Gasteiger charge is 2.16. The van der Waals surface area contributed by atoms with E-state index in [-0.39, 0.29) is 5.91 Å². The molecule has 0 fully saturated rings. The Kier molecular flexibility index (Phi) is 6.59. The number of furan rings is 1. The molecule has 4 rings (SSSR count). The van der Waals surface area contributed by atoms with Crippen molar-refractivity contribution < 1.29 is 13.9 Å². The minimum Gasteiger partial charge on any atom is -0.493 e. The molecule has 0 radical (unpaired) electrons. The first-order valence-electron chi connectivity index (χ1n) is 11.1. The number of nitrogens with zero attached hydrogens (tertiary/aromatic N) is 1. The fourth-order valence-electron chi connectivity index (χ4n) is 3.97. The van der Waals surface area contributed by atoms with Gasteiger partial charge in [0.05, 0.1) is 25.1 Å². The van der Waals surface area contributed by atoms with Crippen LogP contribution < -0.4 is 10.1 Å². The van der Waals surface area contributed by atoms with Crippen LogP contribution in [0, 0.1) is 13.8 Å². The quantitative estimate of drug-likeness (QED) is 0.346. The first kappa shape index (κ1) is 22.3. The van der Waals surface area contributed by atoms with Crippen molar-refractivity contribution in [2.75, 3.05) is 6.61 Å². The van der Waals surface area contributed by atoms with Crippen molar-refractivity contribution in [3.8, 4) is 16.9 Å². The Bertz CT molecular complexity index is 1320. The summed E-state index contributed by atoms with van der Waals surface area (Å²) in [5, 5.41) is 3.88. The van der Waals surface area contributed by atoms with Gasteiger partial charge in [-0.15, -0.1) is 0 Å². The summed E-state index contributed by atoms with van der Waals surface area (Å²) in [4.78, 5) is 16.8. The van der Waals surface area contributed by atoms with Crippen molar-refractivity contribution in [3.05, 3.63) is 89.5 Å². The Balaban J connectivity index is 1.69. The SMILES string of the molecule is CCOc1cc2occ(-c3ccc(C)cc3C)c2cc1/C(C)=C/C(=O)NCc1ccccn1. The molecule has 0 aliphatic carbocycles. The average Bonchev–Trinajstić information content (AvgIpc) is 3.20. The molecule has 0 unspecified atom stereocenters. The second-order valence-corrected chi connectivity index (χ2v) is 8.11. The van der Waals surface area contributed by atoms with Gasteiger partial charge in [-0.3, -0.25) is 9.78 Å². The lowest BCUT2D eigenvalue weighted by atomic mass is 9.96. The molecule has 2 aromatic heterocycles. The maximum absolute atomic E-state index is 12.6. The van der Waals surface area contributed by atoms with Crippen LogP contribution in [0.25, 0.3) is 27.7 Å². The molecule has 1 N–H and O–H groups in total. The molecular formula is C28H28N2O3. The van der Waals surface area contributed by atoms with Gasteiger partial charge in [0.25, 0.3) is 0 Å². The number of benzene rings is 2. The van der Waals surface area contributed by atoms with E-state index in [9.17, 15) is 4.79 Å². The number of carbonyl (C=O) groups is 1. The highest BCUT2D eigenvalue weighted by molar-refractivity contribution is 6.00. The minimum atomic E-state index is -0.178. The standard InChI is InChI=1S/C28H28N2O3/c1-5-32-26-15-27-24(25(17-33-27)22-10-9-18(2)12-19(22)3)14-23(26)20(4)13-28(31)30-16-21-8-6-7-11-29-21/h6-15,17H,5,16H2,1-4H3,(H,30,31)/b20-13+. The minimum absolute atomic E-state index is 0.178. The van der Waals surface area contributed by atoms with Crippen molar-refractivity contribution in [2.45, 2.75) is 34.2 Å². The van der Waals surface area contributed by atoms with E-state index >= 15 is 0 Å². The maximum Gasteiger partial charge on any atom is 0.244 e. The van der Waals surface area contributed by atoms with E-state index < -0.39 is 0 Å². The number of ether oxygens (including phenoxy) is 1. The summed E-state index contributed by atoms with van der Waals surface area (Å²) in [5.41, 5.74) is 7.81. The molecular weight excluding hydrogens is 412 g/mol. The van der Waals surface area contributed by atoms with Gasteiger partial charge in [-0.05, 0) is 62.6 Å². The number of aryl methyl sites for hydroxylation is 2. The first-order chi connectivity index (χ1) is 16.0. The molecule has 0 saturated carbocycles. The van der Waals surface area contributed by atoms with Gasteiger partial charge in [-0.25, -0.2) is 0 Å². The number of carbonyl (C=O) groups excluding carboxylic acids is 1. The molecule has 0 atom stereocenters. The van der Waals surface area contributed by atoms with E-state index in [4.69, 9.17) is 9.15 Å². The number of hydrogen-bond acceptors (Lipinski definition) is 4. The Morgan fingerprint density at radius 1 is 1.12 bits per heavy atom. The summed E-state index contributed by atoms with van der Waals surface area (Å²) in [5.74, 6) is 0.514. The topological polar surface area (TPSA) is 64.4 Å². The third-order valence-electron chi connectivity index (χ3n) is 5.59. The van der Waals surface area contributed by atoms with E-state index in [2.05, 4.69) is 48.4 Å². The van der Waals surface area contributed by atoms with Crippen molar-refractivity contribution in [2.24, 2.45) is 0 Å². The van der Waals surface area contributed by atoms with Gasteiger partial charge in [-0.2, -0.15) is 0 Å². The zero-order valence-corrected chi connectivity index (χ0v) is 19.4. The monoisotopic (exact) mass is 440 g/mol. The van der Waals surface area contributed by atoms with Crippen molar-refractivity contribution in [3.63, 3.8) is 0 Å². The van der Waals surface area contributed by atoms with Gasteiger partial charge in [0.15, 0.2) is 0 Å². The molecule has 2 heterocycles. The second kappa shape index (κ2) is 9.74. The molecule has 33 heavy (non-hydrogen) atoms. The lowest BCUT2D eigenvalue weighted by Crippen LogP contribution is -2.21. The van der Waals surface area contributed by atoms with Crippen molar-refractivity contribution >= 4 is 22.4 Å². The molecule has 168 valence electrons. The molecule has 4 aromatic rings. The first-order valence-corrected chi connectivity index (χ1v) is 11.1. The lowest BCUT2D eigenvalue weighted by molar-refractivity contribution is -0.116. The predicted octanol–water partition coefficient (Wildman–Crippen LogP) is 6.23. The van der Waals surface area contributed by atoms with Gasteiger partial charge in [0.1, 0.15) is 11.3 Å². The average molecular weight is 441 g/mol. The van der Waals surface area contributed by atoms with E-state index in [1.807, 2.05) is 38.1 Å². The van der Waals surface area contributed by atoms with Crippen LogP contribution in [0.5, 0.6) is 5.75 Å². The Morgan fingerprint density at radius 3 is 2.70 bits per heavy atom. The number of rotatable bonds is 7. The summed E-state index contributed by atoms with van der Waals surface area (Å²) in [6.07, 6.45) is 5.11. The summed E-state index contributed by atoms with van der Waals surface area (Å²) < 4.78 is 11.8. The molecule has 1 amide bonds. The van der Waals surface area contributed by atoms with E-state index in [1.165, 1.54) is 11.1 Å². The van der Waals surface area contributed by atoms with Gasteiger partial charge < -0.3 is 14.5 Å². The molecule has 0 spiro atoms. The molecule has 0 saturated heterocycles. The second-order valence-electron chi connectivity index (χ2n) is 8.11. The zero-order chi connectivity index (χ0) is 23.4. The lowest BCUT2D eigenvalue weighted by Gasteiger charge is -2.12. The largest absolute Gasteiger partial charge is 0.493 e. The molecule has 5 nitrogen and oxygen atoms in total. The van der Waals surface area contributed by atoms with Gasteiger partial charge >= 0.3 is 0 Å². The number of pyridine rings is 1. The Morgan fingerprint density at radius 2 is 1.97 bits per heavy atom. The summed E-state index contributed by atoms with van der Waals surface area (Å²) in [6.45, 7) is 8.94. The predicted molar refractivity (Wildman–Crippen MR) is 132 cm³/mol. The van der Waals surface area contributed by atoms with E-state index in [1.54, 1.807) is 18.5 Å². The number of nitrogens with one attached hydrogen (secondary N) is 1. The van der Waals surface area contributed by atoms with Crippen molar-refractivity contribution in [1.29, 1.82) is 0 Å². The van der Waals surface area contributed by atoms with Crippen LogP contribution in [0.2, 0.25) is 0 Å². The Labute approximate surface area is 194 Å². The van der Waals surface area contributed by atoms with Crippen LogP contribution in [0.3, 0.4) is 0 Å². The summed E-state index contributed by atoms with van der Waals surface area (Å²) in [7, 11) is 0. The molecule has 0 aliphatic rings. The van der Waals surface area contributed by atoms with Gasteiger partial charge in [-0.1, -0.05) is 29.8 Å². The van der Waals surface area contributed by atoms with Gasteiger partial charge in [0, 0.05) is 34.9 Å². The van der Waals surface area contributed by atoms with Crippen LogP contribution >= 0.6 is 0 Å². The molecule has 0 bridgehead atoms. The highest BCUT2D eigenvalue weighted by Crippen LogP contribution is 2.38. The normalized spacial score (nSPS) is 11.6. The van der Waals surface area contributed by atoms with Crippen LogP contribution in [-0.2, 0) is 11.3 Å². The number of hydrogen-bond donors (Lipinski definition) is 1. The molecule has 2 aromatic carbocycles. The zero-order valence-electron chi connectivity index (χ0n) is 19.4. The fraction of sp³-hybridized carbons (Fsp3) is 0.214. The number of amides is 1. The number of aromatic nitrogens is 1. The number of fused-ring (bicyclic) bond motifs is 1. The van der Waals surface area contributed by atoms with E-state index in [0.717, 1.165) is 38.9 Å². The Hall–Kier alpha value is -3.86. The third kappa shape index (κ3) is 4.98. The fourth-order valence-corrected chi connectivity index (χ4v) is 3.97. The highest BCUT2D eigenvalue weighted by atomic mass is 16.5. The van der Waals surface area contributed by atoms with Crippen LogP contribution in [0.4, 0.5) is 0 Å². The van der Waals surface area contributed by atoms with Crippen LogP contribution in [0.15, 0.2) is 71.5 Å². The van der Waals surface area contributed by atoms with Crippen LogP contribution in [-0.4, -0.2) is 17.5 Å². The van der Waals surface area contributed by atoms with E-state index in [0.29, 0.717) is 18.9 Å². The van der Waals surface area contributed by atoms with Gasteiger partial charge in [0.2, 0.25) is 5.91 Å². The third-order valence-corrected chi connectivity index (χ3v) is 5.59. The van der Waals surface area contributed by atoms with Crippen LogP contribution in [0.1, 0.15) is 36.2 Å². The molecule has 0 aliphatic heterocycles. The van der Waals surface area contributed by atoms with Crippen molar-refractivity contribution in [1.82, 2.24) is 10.3 Å². The maximum atomic E-state index is 12.6. The number of allylic oxidation sites excluding steroid dienone is 1.